The fourth-order valence-electron chi connectivity index (χ4n) is 4.37. The first-order chi connectivity index (χ1) is 20.5. The van der Waals surface area contributed by atoms with Crippen molar-refractivity contribution in [2.75, 3.05) is 22.6 Å². The Hall–Kier alpha value is -5.39. The molecule has 0 fully saturated rings. The molecular weight excluding hydrogens is 556 g/mol. The van der Waals surface area contributed by atoms with E-state index in [9.17, 15) is 29.1 Å². The first kappa shape index (κ1) is 32.1. The minimum atomic E-state index is -1.13. The molecule has 0 aliphatic rings. The van der Waals surface area contributed by atoms with Gasteiger partial charge in [0.05, 0.1) is 30.9 Å². The largest absolute Gasteiger partial charge is 0.494 e. The van der Waals surface area contributed by atoms with Gasteiger partial charge in [-0.1, -0.05) is 30.3 Å². The number of methoxy groups -OCH3 is 1. The second kappa shape index (κ2) is 15.0. The summed E-state index contributed by atoms with van der Waals surface area (Å²) in [5, 5.41) is 26.3. The van der Waals surface area contributed by atoms with Crippen LogP contribution >= 0.6 is 0 Å². The molecule has 3 rings (SSSR count). The molecule has 0 bridgehead atoms. The fourth-order valence-corrected chi connectivity index (χ4v) is 4.37. The monoisotopic (exact) mass is 590 g/mol. The highest BCUT2D eigenvalue weighted by Crippen LogP contribution is 2.34. The Kier molecular flexibility index (Phi) is 11.2. The molecule has 0 saturated heterocycles. The number of nitrogens with one attached hydrogen (secondary N) is 3. The van der Waals surface area contributed by atoms with Crippen LogP contribution in [-0.2, 0) is 19.2 Å². The number of para-hydroxylation sites is 1. The third kappa shape index (κ3) is 9.32. The quantitative estimate of drug-likeness (QED) is 0.180. The van der Waals surface area contributed by atoms with E-state index < -0.39 is 29.9 Å². The maximum Gasteiger partial charge on any atom is 0.323 e. The first-order valence-corrected chi connectivity index (χ1v) is 13.4. The lowest BCUT2D eigenvalue weighted by atomic mass is 10.0. The molecule has 12 heteroatoms. The molecule has 1 atom stereocenters. The molecule has 226 valence electrons. The molecular formula is C31H34N4O8. The van der Waals surface area contributed by atoms with E-state index in [1.54, 1.807) is 48.5 Å². The molecule has 43 heavy (non-hydrogen) atoms. The summed E-state index contributed by atoms with van der Waals surface area (Å²) in [7, 11) is 1.44. The molecule has 3 aromatic rings. The van der Waals surface area contributed by atoms with Crippen molar-refractivity contribution in [3.63, 3.8) is 0 Å². The van der Waals surface area contributed by atoms with E-state index in [2.05, 4.69) is 16.0 Å². The number of amides is 4. The Morgan fingerprint density at radius 3 is 2.09 bits per heavy atom. The summed E-state index contributed by atoms with van der Waals surface area (Å²) in [5.41, 5.74) is 3.36. The lowest BCUT2D eigenvalue weighted by Crippen LogP contribution is -2.30. The van der Waals surface area contributed by atoms with Crippen LogP contribution in [0.15, 0.2) is 66.7 Å². The number of carboxylic acid groups (broad SMARTS) is 2. The summed E-state index contributed by atoms with van der Waals surface area (Å²) in [4.78, 5) is 61.2. The van der Waals surface area contributed by atoms with Crippen LogP contribution in [-0.4, -0.2) is 47.1 Å². The average molecular weight is 591 g/mol. The van der Waals surface area contributed by atoms with E-state index in [1.807, 2.05) is 25.1 Å². The number of aryl methyl sites for hydroxylation is 1. The molecule has 0 aliphatic carbocycles. The first-order valence-electron chi connectivity index (χ1n) is 13.4. The van der Waals surface area contributed by atoms with Crippen LogP contribution in [0.3, 0.4) is 0 Å². The lowest BCUT2D eigenvalue weighted by Gasteiger charge is -2.24. The number of ether oxygens (including phenoxy) is 1. The number of benzene rings is 3. The molecule has 0 aliphatic heterocycles. The standard InChI is InChI=1S/C31H34N4O8/c1-19-7-4-5-8-24(19)33-31(42)34-25-16-15-23(17-27(25)43-3)35(20(2)36)22-13-11-21(12-14-22)26(18-30(40)41)32-28(37)9-6-10-29(38)39/h4-5,7-8,11-17,26H,6,9-10,18H2,1-3H3,(H,32,37)(H,38,39)(H,40,41)(H2,33,34,42)/t26-/m1/s1. The molecule has 0 spiro atoms. The molecule has 0 heterocycles. The Labute approximate surface area is 248 Å². The van der Waals surface area contributed by atoms with Crippen LogP contribution in [0.4, 0.5) is 27.5 Å². The zero-order chi connectivity index (χ0) is 31.5. The predicted molar refractivity (Wildman–Crippen MR) is 161 cm³/mol. The number of carboxylic acids is 2. The Balaban J connectivity index is 1.79. The summed E-state index contributed by atoms with van der Waals surface area (Å²) in [6, 6.07) is 17.3. The molecule has 4 amide bonds. The van der Waals surface area contributed by atoms with Gasteiger partial charge in [0.1, 0.15) is 5.75 Å². The number of anilines is 4. The maximum absolute atomic E-state index is 12.7. The maximum atomic E-state index is 12.7. The zero-order valence-electron chi connectivity index (χ0n) is 24.0. The van der Waals surface area contributed by atoms with Gasteiger partial charge in [-0.25, -0.2) is 4.79 Å². The van der Waals surface area contributed by atoms with Crippen LogP contribution in [0.5, 0.6) is 5.75 Å². The van der Waals surface area contributed by atoms with Crippen LogP contribution in [0.2, 0.25) is 0 Å². The van der Waals surface area contributed by atoms with Crippen LogP contribution in [0.1, 0.15) is 49.8 Å². The van der Waals surface area contributed by atoms with Gasteiger partial charge in [-0.05, 0) is 54.8 Å². The average Bonchev–Trinajstić information content (AvgIpc) is 2.94. The number of hydrogen-bond acceptors (Lipinski definition) is 6. The van der Waals surface area contributed by atoms with Gasteiger partial charge in [-0.3, -0.25) is 24.1 Å². The van der Waals surface area contributed by atoms with Crippen LogP contribution < -0.4 is 25.6 Å². The molecule has 12 nitrogen and oxygen atoms in total. The normalized spacial score (nSPS) is 11.1. The molecule has 3 aromatic carbocycles. The summed E-state index contributed by atoms with van der Waals surface area (Å²) in [5.74, 6) is -2.62. The van der Waals surface area contributed by atoms with Crippen LogP contribution in [0, 0.1) is 6.92 Å². The van der Waals surface area contributed by atoms with Gasteiger partial charge in [0, 0.05) is 37.2 Å². The van der Waals surface area contributed by atoms with Crippen molar-refractivity contribution in [1.29, 1.82) is 0 Å². The number of carbonyl (C=O) groups excluding carboxylic acids is 3. The molecule has 0 unspecified atom stereocenters. The van der Waals surface area contributed by atoms with Gasteiger partial charge in [0.15, 0.2) is 0 Å². The van der Waals surface area contributed by atoms with Crippen molar-refractivity contribution in [2.45, 2.75) is 45.6 Å². The molecule has 5 N–H and O–H groups in total. The van der Waals surface area contributed by atoms with Gasteiger partial charge in [-0.2, -0.15) is 0 Å². The number of nitrogens with zero attached hydrogens (tertiary/aromatic N) is 1. The van der Waals surface area contributed by atoms with E-state index in [-0.39, 0.29) is 31.6 Å². The second-order valence-electron chi connectivity index (χ2n) is 9.69. The summed E-state index contributed by atoms with van der Waals surface area (Å²) >= 11 is 0. The molecule has 0 radical (unpaired) electrons. The molecule has 0 aromatic heterocycles. The van der Waals surface area contributed by atoms with Crippen molar-refractivity contribution in [1.82, 2.24) is 5.32 Å². The highest BCUT2D eigenvalue weighted by atomic mass is 16.5. The van der Waals surface area contributed by atoms with Crippen LogP contribution in [0.25, 0.3) is 0 Å². The Morgan fingerprint density at radius 1 is 0.837 bits per heavy atom. The van der Waals surface area contributed by atoms with Crippen molar-refractivity contribution < 1.29 is 38.9 Å². The molecule has 0 saturated carbocycles. The minimum absolute atomic E-state index is 0.0567. The summed E-state index contributed by atoms with van der Waals surface area (Å²) in [6.45, 7) is 3.26. The van der Waals surface area contributed by atoms with Gasteiger partial charge in [0.2, 0.25) is 11.8 Å². The van der Waals surface area contributed by atoms with Crippen molar-refractivity contribution in [2.24, 2.45) is 0 Å². The van der Waals surface area contributed by atoms with E-state index in [4.69, 9.17) is 9.84 Å². The predicted octanol–water partition coefficient (Wildman–Crippen LogP) is 5.22. The minimum Gasteiger partial charge on any atom is -0.494 e. The number of aliphatic carboxylic acids is 2. The number of hydrogen-bond donors (Lipinski definition) is 5. The number of rotatable bonds is 13. The van der Waals surface area contributed by atoms with Gasteiger partial charge < -0.3 is 30.9 Å². The number of urea groups is 1. The van der Waals surface area contributed by atoms with E-state index in [0.717, 1.165) is 5.56 Å². The zero-order valence-corrected chi connectivity index (χ0v) is 24.0. The second-order valence-corrected chi connectivity index (χ2v) is 9.69. The van der Waals surface area contributed by atoms with E-state index in [1.165, 1.54) is 18.9 Å². The summed E-state index contributed by atoms with van der Waals surface area (Å²) < 4.78 is 5.48. The van der Waals surface area contributed by atoms with E-state index >= 15 is 0 Å². The highest BCUT2D eigenvalue weighted by Gasteiger charge is 2.21. The van der Waals surface area contributed by atoms with Gasteiger partial charge >= 0.3 is 18.0 Å². The third-order valence-electron chi connectivity index (χ3n) is 6.46. The van der Waals surface area contributed by atoms with Crippen molar-refractivity contribution in [3.8, 4) is 5.75 Å². The summed E-state index contributed by atoms with van der Waals surface area (Å²) in [6.07, 6.45) is -0.486. The SMILES string of the molecule is COc1cc(N(C(C)=O)c2ccc([C@@H](CC(=O)O)NC(=O)CCCC(=O)O)cc2)ccc1NC(=O)Nc1ccccc1C. The fraction of sp³-hybridized carbons (Fsp3) is 0.258. The Morgan fingerprint density at radius 2 is 1.49 bits per heavy atom. The van der Waals surface area contributed by atoms with Crippen molar-refractivity contribution in [3.05, 3.63) is 77.9 Å². The van der Waals surface area contributed by atoms with Crippen molar-refractivity contribution >= 4 is 52.5 Å². The lowest BCUT2D eigenvalue weighted by molar-refractivity contribution is -0.138. The van der Waals surface area contributed by atoms with E-state index in [0.29, 0.717) is 34.1 Å². The smallest absolute Gasteiger partial charge is 0.323 e. The third-order valence-corrected chi connectivity index (χ3v) is 6.46. The van der Waals surface area contributed by atoms with Gasteiger partial charge in [-0.15, -0.1) is 0 Å². The van der Waals surface area contributed by atoms with Gasteiger partial charge in [0.25, 0.3) is 0 Å². The Bertz CT molecular complexity index is 1490. The number of carbonyl (C=O) groups is 5. The highest BCUT2D eigenvalue weighted by molar-refractivity contribution is 6.03. The topological polar surface area (TPSA) is 174 Å².